The molecule has 2 atom stereocenters. The topological polar surface area (TPSA) is 96.8 Å². The number of benzene rings is 1. The molecule has 0 aliphatic heterocycles. The third kappa shape index (κ3) is 4.83. The van der Waals surface area contributed by atoms with E-state index in [4.69, 9.17) is 0 Å². The average Bonchev–Trinajstić information content (AvgIpc) is 3.17. The van der Waals surface area contributed by atoms with E-state index < -0.39 is 22.4 Å². The molecule has 166 valence electrons. The van der Waals surface area contributed by atoms with Gasteiger partial charge in [0.1, 0.15) is 10.8 Å². The highest BCUT2D eigenvalue weighted by Crippen LogP contribution is 2.24. The highest BCUT2D eigenvalue weighted by atomic mass is 32.2. The van der Waals surface area contributed by atoms with Crippen LogP contribution in [-0.4, -0.2) is 31.1 Å². The van der Waals surface area contributed by atoms with Crippen molar-refractivity contribution >= 4 is 28.4 Å². The lowest BCUT2D eigenvalue weighted by Gasteiger charge is -2.16. The summed E-state index contributed by atoms with van der Waals surface area (Å²) in [6.07, 6.45) is 6.24. The van der Waals surface area contributed by atoms with Crippen molar-refractivity contribution in [1.82, 2.24) is 20.1 Å². The highest BCUT2D eigenvalue weighted by molar-refractivity contribution is 7.84. The fraction of sp³-hybridized carbons (Fsp3) is 0.174. The first kappa shape index (κ1) is 23.1. The van der Waals surface area contributed by atoms with Crippen molar-refractivity contribution in [3.8, 4) is 5.69 Å². The average molecular weight is 455 g/mol. The molecule has 0 bridgehead atoms. The minimum atomic E-state index is -1.37. The Morgan fingerprint density at radius 1 is 1.31 bits per heavy atom. The van der Waals surface area contributed by atoms with Crippen molar-refractivity contribution in [3.05, 3.63) is 88.2 Å². The Morgan fingerprint density at radius 2 is 2.00 bits per heavy atom. The van der Waals surface area contributed by atoms with Gasteiger partial charge in [0.2, 0.25) is 5.56 Å². The molecule has 3 rings (SSSR count). The molecule has 0 radical (unpaired) electrons. The van der Waals surface area contributed by atoms with Crippen LogP contribution in [0.1, 0.15) is 36.7 Å². The molecule has 9 heteroatoms. The Balaban J connectivity index is 1.90. The number of pyridine rings is 1. The molecule has 7 nitrogen and oxygen atoms in total. The molecule has 0 saturated heterocycles. The van der Waals surface area contributed by atoms with Gasteiger partial charge in [0.05, 0.1) is 34.4 Å². The van der Waals surface area contributed by atoms with Crippen LogP contribution < -0.4 is 10.9 Å². The first-order chi connectivity index (χ1) is 15.2. The van der Waals surface area contributed by atoms with E-state index in [2.05, 4.69) is 22.0 Å². The van der Waals surface area contributed by atoms with Crippen LogP contribution in [0.4, 0.5) is 4.39 Å². The molecular formula is C23H23FN4O3S. The molecular weight excluding hydrogens is 431 g/mol. The van der Waals surface area contributed by atoms with E-state index in [0.29, 0.717) is 28.1 Å². The number of rotatable bonds is 7. The van der Waals surface area contributed by atoms with Crippen LogP contribution in [0.5, 0.6) is 0 Å². The summed E-state index contributed by atoms with van der Waals surface area (Å²) in [4.78, 5) is 27.5. The van der Waals surface area contributed by atoms with Gasteiger partial charge in [-0.1, -0.05) is 12.7 Å². The largest absolute Gasteiger partial charge is 0.346 e. The predicted octanol–water partition coefficient (Wildman–Crippen LogP) is 3.36. The molecule has 2 N–H and O–H groups in total. The van der Waals surface area contributed by atoms with E-state index in [1.54, 1.807) is 55.1 Å². The lowest BCUT2D eigenvalue weighted by Crippen LogP contribution is -2.28. The molecule has 3 aromatic rings. The third-order valence-corrected chi connectivity index (χ3v) is 5.73. The van der Waals surface area contributed by atoms with E-state index in [-0.39, 0.29) is 16.8 Å². The van der Waals surface area contributed by atoms with Gasteiger partial charge in [0.15, 0.2) is 0 Å². The second kappa shape index (κ2) is 9.69. The number of aromatic nitrogens is 3. The molecule has 0 aliphatic rings. The monoisotopic (exact) mass is 454 g/mol. The van der Waals surface area contributed by atoms with Gasteiger partial charge < -0.3 is 10.3 Å². The molecule has 1 amide bonds. The van der Waals surface area contributed by atoms with Gasteiger partial charge in [0, 0.05) is 23.5 Å². The number of aromatic amines is 1. The Kier molecular flexibility index (Phi) is 6.99. The summed E-state index contributed by atoms with van der Waals surface area (Å²) in [6, 6.07) is 8.26. The second-order valence-corrected chi connectivity index (χ2v) is 8.38. The molecule has 2 heterocycles. The Morgan fingerprint density at radius 3 is 2.59 bits per heavy atom. The molecule has 0 spiro atoms. The number of carbonyl (C=O) groups is 1. The summed E-state index contributed by atoms with van der Waals surface area (Å²) in [6.45, 7) is 7.29. The van der Waals surface area contributed by atoms with Crippen LogP contribution in [0, 0.1) is 5.82 Å². The SMILES string of the molecule is C=Cc1c(/C(=C\C)C(=O)NC(C)c2cc(S(C)=O)[nH]c(=O)c2)cnn1-c1ccc(F)cc1. The molecule has 0 saturated carbocycles. The van der Waals surface area contributed by atoms with Gasteiger partial charge in [-0.25, -0.2) is 9.07 Å². The van der Waals surface area contributed by atoms with Gasteiger partial charge in [-0.05, 0) is 55.8 Å². The zero-order valence-electron chi connectivity index (χ0n) is 17.9. The maximum atomic E-state index is 13.3. The maximum Gasteiger partial charge on any atom is 0.252 e. The number of nitrogens with zero attached hydrogens (tertiary/aromatic N) is 2. The van der Waals surface area contributed by atoms with E-state index >= 15 is 0 Å². The van der Waals surface area contributed by atoms with E-state index in [0.717, 1.165) is 0 Å². The standard InChI is InChI=1S/C23H23FN4O3S/c1-5-18(19-13-25-28(20(19)6-2)17-9-7-16(24)8-10-17)23(30)26-14(3)15-11-21(29)27-22(12-15)32(4)31/h5-14H,2H2,1,3-4H3,(H,26,30)(H,27,29)/b18-5+. The second-order valence-electron chi connectivity index (χ2n) is 7.03. The Labute approximate surface area is 187 Å². The van der Waals surface area contributed by atoms with E-state index in [1.807, 2.05) is 0 Å². The van der Waals surface area contributed by atoms with Crippen molar-refractivity contribution in [2.45, 2.75) is 24.9 Å². The van der Waals surface area contributed by atoms with Crippen molar-refractivity contribution < 1.29 is 13.4 Å². The number of H-pyrrole nitrogens is 1. The van der Waals surface area contributed by atoms with Crippen LogP contribution in [0.2, 0.25) is 0 Å². The summed E-state index contributed by atoms with van der Waals surface area (Å²) in [5.41, 5.74) is 2.26. The summed E-state index contributed by atoms with van der Waals surface area (Å²) >= 11 is 0. The van der Waals surface area contributed by atoms with Crippen LogP contribution >= 0.6 is 0 Å². The number of amides is 1. The van der Waals surface area contributed by atoms with Crippen LogP contribution in [0.25, 0.3) is 17.3 Å². The Hall–Kier alpha value is -3.59. The van der Waals surface area contributed by atoms with Crippen LogP contribution in [-0.2, 0) is 15.6 Å². The Bertz CT molecular complexity index is 1280. The maximum absolute atomic E-state index is 13.3. The quantitative estimate of drug-likeness (QED) is 0.535. The molecule has 0 fully saturated rings. The number of carbonyl (C=O) groups excluding carboxylic acids is 1. The van der Waals surface area contributed by atoms with Gasteiger partial charge in [0.25, 0.3) is 5.91 Å². The van der Waals surface area contributed by atoms with Gasteiger partial charge in [-0.15, -0.1) is 0 Å². The number of halogens is 1. The smallest absolute Gasteiger partial charge is 0.252 e. The normalized spacial score (nSPS) is 13.4. The lowest BCUT2D eigenvalue weighted by molar-refractivity contribution is -0.116. The minimum absolute atomic E-state index is 0.286. The summed E-state index contributed by atoms with van der Waals surface area (Å²) in [5.74, 6) is -0.736. The molecule has 1 aromatic carbocycles. The highest BCUT2D eigenvalue weighted by Gasteiger charge is 2.21. The predicted molar refractivity (Wildman–Crippen MR) is 123 cm³/mol. The fourth-order valence-corrected chi connectivity index (χ4v) is 3.81. The summed E-state index contributed by atoms with van der Waals surface area (Å²) in [7, 11) is -1.37. The molecule has 0 aliphatic carbocycles. The summed E-state index contributed by atoms with van der Waals surface area (Å²) < 4.78 is 26.6. The number of allylic oxidation sites excluding steroid dienone is 1. The lowest BCUT2D eigenvalue weighted by atomic mass is 10.0. The molecule has 2 unspecified atom stereocenters. The van der Waals surface area contributed by atoms with Gasteiger partial charge in [-0.3, -0.25) is 13.8 Å². The number of hydrogen-bond acceptors (Lipinski definition) is 4. The van der Waals surface area contributed by atoms with E-state index in [9.17, 15) is 18.2 Å². The summed E-state index contributed by atoms with van der Waals surface area (Å²) in [5, 5.41) is 7.49. The van der Waals surface area contributed by atoms with Crippen molar-refractivity contribution in [2.24, 2.45) is 0 Å². The first-order valence-electron chi connectivity index (χ1n) is 9.76. The minimum Gasteiger partial charge on any atom is -0.346 e. The van der Waals surface area contributed by atoms with Crippen LogP contribution in [0.15, 0.2) is 65.1 Å². The number of hydrogen-bond donors (Lipinski definition) is 2. The zero-order valence-corrected chi connectivity index (χ0v) is 18.7. The fourth-order valence-electron chi connectivity index (χ4n) is 3.26. The van der Waals surface area contributed by atoms with Crippen molar-refractivity contribution in [3.63, 3.8) is 0 Å². The first-order valence-corrected chi connectivity index (χ1v) is 11.3. The molecule has 2 aromatic heterocycles. The van der Waals surface area contributed by atoms with Crippen LogP contribution in [0.3, 0.4) is 0 Å². The van der Waals surface area contributed by atoms with E-state index in [1.165, 1.54) is 24.5 Å². The van der Waals surface area contributed by atoms with Crippen molar-refractivity contribution in [2.75, 3.05) is 6.26 Å². The zero-order chi connectivity index (χ0) is 23.4. The van der Waals surface area contributed by atoms with Gasteiger partial charge >= 0.3 is 0 Å². The third-order valence-electron chi connectivity index (χ3n) is 4.89. The van der Waals surface area contributed by atoms with Crippen molar-refractivity contribution in [1.29, 1.82) is 0 Å². The van der Waals surface area contributed by atoms with Gasteiger partial charge in [-0.2, -0.15) is 5.10 Å². The number of nitrogens with one attached hydrogen (secondary N) is 2. The molecule has 32 heavy (non-hydrogen) atoms.